The fourth-order valence-electron chi connectivity index (χ4n) is 2.96. The molecule has 1 amide bonds. The third kappa shape index (κ3) is 2.67. The Morgan fingerprint density at radius 2 is 1.81 bits per heavy atom. The maximum absolute atomic E-state index is 12.9. The first-order valence-corrected chi connectivity index (χ1v) is 7.86. The van der Waals surface area contributed by atoms with Crippen molar-refractivity contribution in [2.45, 2.75) is 49.8 Å². The standard InChI is InChI=1S/C16H21NO3S/c1-5-16(4)17(12(14(19)20)15(2,3)21-16)13(18)11-9-7-6-8-10-11/h6-10,12H,5H2,1-4H3,(H,19,20). The number of aliphatic carboxylic acids is 1. The van der Waals surface area contributed by atoms with Gasteiger partial charge >= 0.3 is 5.97 Å². The van der Waals surface area contributed by atoms with E-state index in [0.717, 1.165) is 0 Å². The Hall–Kier alpha value is -1.49. The van der Waals surface area contributed by atoms with Crippen LogP contribution in [-0.4, -0.2) is 37.5 Å². The Kier molecular flexibility index (Phi) is 4.06. The number of thioether (sulfide) groups is 1. The topological polar surface area (TPSA) is 57.6 Å². The Labute approximate surface area is 129 Å². The van der Waals surface area contributed by atoms with Crippen molar-refractivity contribution in [1.82, 2.24) is 4.90 Å². The van der Waals surface area contributed by atoms with Gasteiger partial charge in [0.05, 0.1) is 4.87 Å². The molecule has 0 bridgehead atoms. The van der Waals surface area contributed by atoms with Crippen LogP contribution >= 0.6 is 11.8 Å². The molecule has 1 aromatic carbocycles. The van der Waals surface area contributed by atoms with E-state index in [9.17, 15) is 14.7 Å². The summed E-state index contributed by atoms with van der Waals surface area (Å²) in [5, 5.41) is 9.64. The van der Waals surface area contributed by atoms with Gasteiger partial charge in [-0.2, -0.15) is 0 Å². The molecular formula is C16H21NO3S. The SMILES string of the molecule is CCC1(C)SC(C)(C)C(C(=O)O)N1C(=O)c1ccccc1. The molecule has 0 saturated carbocycles. The molecule has 2 rings (SSSR count). The van der Waals surface area contributed by atoms with Crippen LogP contribution in [0.2, 0.25) is 0 Å². The molecule has 1 saturated heterocycles. The lowest BCUT2D eigenvalue weighted by molar-refractivity contribution is -0.143. The molecule has 1 aromatic rings. The minimum absolute atomic E-state index is 0.217. The molecule has 0 spiro atoms. The summed E-state index contributed by atoms with van der Waals surface area (Å²) in [6, 6.07) is 8.05. The van der Waals surface area contributed by atoms with Gasteiger partial charge in [-0.05, 0) is 39.3 Å². The average Bonchev–Trinajstić information content (AvgIpc) is 2.65. The zero-order valence-corrected chi connectivity index (χ0v) is 13.6. The van der Waals surface area contributed by atoms with Crippen molar-refractivity contribution in [3.05, 3.63) is 35.9 Å². The lowest BCUT2D eigenvalue weighted by Gasteiger charge is -2.35. The highest BCUT2D eigenvalue weighted by Gasteiger charge is 2.58. The molecule has 21 heavy (non-hydrogen) atoms. The maximum Gasteiger partial charge on any atom is 0.327 e. The Bertz CT molecular complexity index is 558. The van der Waals surface area contributed by atoms with Crippen LogP contribution in [0.15, 0.2) is 30.3 Å². The Balaban J connectivity index is 2.50. The van der Waals surface area contributed by atoms with Crippen molar-refractivity contribution in [1.29, 1.82) is 0 Å². The number of rotatable bonds is 3. The number of hydrogen-bond acceptors (Lipinski definition) is 3. The molecule has 4 nitrogen and oxygen atoms in total. The van der Waals surface area contributed by atoms with Crippen LogP contribution in [0.5, 0.6) is 0 Å². The van der Waals surface area contributed by atoms with E-state index < -0.39 is 21.6 Å². The van der Waals surface area contributed by atoms with E-state index in [1.165, 1.54) is 0 Å². The monoisotopic (exact) mass is 307 g/mol. The molecule has 1 aliphatic heterocycles. The van der Waals surface area contributed by atoms with Gasteiger partial charge in [-0.25, -0.2) is 4.79 Å². The van der Waals surface area contributed by atoms with Crippen LogP contribution < -0.4 is 0 Å². The van der Waals surface area contributed by atoms with Crippen LogP contribution in [0.1, 0.15) is 44.5 Å². The maximum atomic E-state index is 12.9. The zero-order valence-electron chi connectivity index (χ0n) is 12.8. The number of carbonyl (C=O) groups excluding carboxylic acids is 1. The second kappa shape index (κ2) is 5.37. The summed E-state index contributed by atoms with van der Waals surface area (Å²) in [4.78, 5) is 25.7. The summed E-state index contributed by atoms with van der Waals surface area (Å²) in [5.74, 6) is -1.17. The average molecular weight is 307 g/mol. The van der Waals surface area contributed by atoms with Crippen LogP contribution in [-0.2, 0) is 4.79 Å². The van der Waals surface area contributed by atoms with E-state index in [1.807, 2.05) is 33.8 Å². The van der Waals surface area contributed by atoms with Crippen molar-refractivity contribution in [2.24, 2.45) is 0 Å². The van der Waals surface area contributed by atoms with E-state index >= 15 is 0 Å². The van der Waals surface area contributed by atoms with Gasteiger partial charge in [0.15, 0.2) is 0 Å². The van der Waals surface area contributed by atoms with E-state index in [-0.39, 0.29) is 5.91 Å². The smallest absolute Gasteiger partial charge is 0.327 e. The summed E-state index contributed by atoms with van der Waals surface area (Å²) >= 11 is 1.56. The second-order valence-corrected chi connectivity index (χ2v) is 8.15. The fraction of sp³-hybridized carbons (Fsp3) is 0.500. The second-order valence-electron chi connectivity index (χ2n) is 6.02. The van der Waals surface area contributed by atoms with Gasteiger partial charge in [0.25, 0.3) is 5.91 Å². The predicted molar refractivity (Wildman–Crippen MR) is 84.4 cm³/mol. The van der Waals surface area contributed by atoms with Gasteiger partial charge < -0.3 is 10.0 Å². The van der Waals surface area contributed by atoms with Gasteiger partial charge in [-0.3, -0.25) is 4.79 Å². The quantitative estimate of drug-likeness (QED) is 0.931. The van der Waals surface area contributed by atoms with Gasteiger partial charge in [-0.1, -0.05) is 25.1 Å². The highest BCUT2D eigenvalue weighted by molar-refractivity contribution is 8.02. The van der Waals surface area contributed by atoms with E-state index in [2.05, 4.69) is 0 Å². The van der Waals surface area contributed by atoms with E-state index in [1.54, 1.807) is 40.9 Å². The van der Waals surface area contributed by atoms with Crippen LogP contribution in [0, 0.1) is 0 Å². The van der Waals surface area contributed by atoms with Crippen molar-refractivity contribution in [2.75, 3.05) is 0 Å². The highest BCUT2D eigenvalue weighted by Crippen LogP contribution is 2.53. The summed E-state index contributed by atoms with van der Waals surface area (Å²) in [6.45, 7) is 7.72. The molecule has 0 aromatic heterocycles. The lowest BCUT2D eigenvalue weighted by Crippen LogP contribution is -2.53. The predicted octanol–water partition coefficient (Wildman–Crippen LogP) is 3.23. The molecule has 1 aliphatic rings. The summed E-state index contributed by atoms with van der Waals surface area (Å²) in [7, 11) is 0. The lowest BCUT2D eigenvalue weighted by atomic mass is 9.98. The van der Waals surface area contributed by atoms with E-state index in [0.29, 0.717) is 12.0 Å². The van der Waals surface area contributed by atoms with Gasteiger partial charge in [0.2, 0.25) is 0 Å². The highest BCUT2D eigenvalue weighted by atomic mass is 32.2. The van der Waals surface area contributed by atoms with Crippen molar-refractivity contribution in [3.63, 3.8) is 0 Å². The normalized spacial score (nSPS) is 27.6. The molecule has 0 radical (unpaired) electrons. The minimum atomic E-state index is -0.950. The van der Waals surface area contributed by atoms with Crippen LogP contribution in [0.4, 0.5) is 0 Å². The number of hydrogen-bond donors (Lipinski definition) is 1. The van der Waals surface area contributed by atoms with Gasteiger partial charge in [0.1, 0.15) is 6.04 Å². The first-order valence-electron chi connectivity index (χ1n) is 7.04. The van der Waals surface area contributed by atoms with E-state index in [4.69, 9.17) is 0 Å². The first-order chi connectivity index (χ1) is 9.73. The molecule has 114 valence electrons. The third-order valence-electron chi connectivity index (χ3n) is 4.04. The Morgan fingerprint density at radius 3 is 2.29 bits per heavy atom. The fourth-order valence-corrected chi connectivity index (χ4v) is 4.84. The first kappa shape index (κ1) is 15.9. The number of carbonyl (C=O) groups is 2. The molecule has 1 fully saturated rings. The molecule has 0 aliphatic carbocycles. The zero-order chi connectivity index (χ0) is 15.8. The molecule has 1 heterocycles. The molecule has 2 atom stereocenters. The van der Waals surface area contributed by atoms with Crippen molar-refractivity contribution < 1.29 is 14.7 Å². The molecule has 1 N–H and O–H groups in total. The molecular weight excluding hydrogens is 286 g/mol. The van der Waals surface area contributed by atoms with Crippen LogP contribution in [0.25, 0.3) is 0 Å². The molecule has 2 unspecified atom stereocenters. The number of benzene rings is 1. The Morgan fingerprint density at radius 1 is 1.24 bits per heavy atom. The summed E-state index contributed by atoms with van der Waals surface area (Å²) < 4.78 is -0.527. The summed E-state index contributed by atoms with van der Waals surface area (Å²) in [6.07, 6.45) is 0.698. The third-order valence-corrected chi connectivity index (χ3v) is 5.71. The van der Waals surface area contributed by atoms with Crippen molar-refractivity contribution in [3.8, 4) is 0 Å². The van der Waals surface area contributed by atoms with Gasteiger partial charge in [0, 0.05) is 10.3 Å². The number of carboxylic acids is 1. The van der Waals surface area contributed by atoms with Gasteiger partial charge in [-0.15, -0.1) is 11.8 Å². The molecule has 5 heteroatoms. The number of nitrogens with zero attached hydrogens (tertiary/aromatic N) is 1. The van der Waals surface area contributed by atoms with Crippen molar-refractivity contribution >= 4 is 23.6 Å². The summed E-state index contributed by atoms with van der Waals surface area (Å²) in [5.41, 5.74) is 0.529. The number of carboxylic acid groups (broad SMARTS) is 1. The number of amides is 1. The largest absolute Gasteiger partial charge is 0.480 e. The minimum Gasteiger partial charge on any atom is -0.480 e. The van der Waals surface area contributed by atoms with Crippen LogP contribution in [0.3, 0.4) is 0 Å².